The first-order valence-electron chi connectivity index (χ1n) is 5.52. The zero-order chi connectivity index (χ0) is 13.4. The van der Waals surface area contributed by atoms with Crippen LogP contribution in [0.1, 0.15) is 5.56 Å². The van der Waals surface area contributed by atoms with Gasteiger partial charge in [0.25, 0.3) is 0 Å². The maximum absolute atomic E-state index is 11.4. The fourth-order valence-electron chi connectivity index (χ4n) is 1.26. The summed E-state index contributed by atoms with van der Waals surface area (Å²) in [5.74, 6) is -0.569. The summed E-state index contributed by atoms with van der Waals surface area (Å²) in [7, 11) is 0. The van der Waals surface area contributed by atoms with Crippen LogP contribution in [0.25, 0.3) is 0 Å². The normalized spacial score (nSPS) is 9.89. The van der Waals surface area contributed by atoms with E-state index >= 15 is 0 Å². The third-order valence-corrected chi connectivity index (χ3v) is 3.02. The lowest BCUT2D eigenvalue weighted by Gasteiger charge is -2.06. The zero-order valence-corrected chi connectivity index (χ0v) is 11.0. The molecule has 0 unspecified atom stereocenters. The van der Waals surface area contributed by atoms with Crippen LogP contribution in [0, 0.1) is 0 Å². The van der Waals surface area contributed by atoms with E-state index in [0.717, 1.165) is 5.56 Å². The van der Waals surface area contributed by atoms with Crippen molar-refractivity contribution >= 4 is 23.6 Å². The van der Waals surface area contributed by atoms with E-state index in [-0.39, 0.29) is 24.9 Å². The SMILES string of the molecule is CSc1ccc(CNC(=O)CNC(=O)CN)cc1. The highest BCUT2D eigenvalue weighted by molar-refractivity contribution is 7.98. The molecular formula is C12H17N3O2S. The summed E-state index contributed by atoms with van der Waals surface area (Å²) in [4.78, 5) is 23.4. The van der Waals surface area contributed by atoms with Gasteiger partial charge >= 0.3 is 0 Å². The Bertz CT molecular complexity index is 406. The molecule has 0 spiro atoms. The molecule has 1 aromatic rings. The molecule has 1 aromatic carbocycles. The van der Waals surface area contributed by atoms with Crippen molar-refractivity contribution in [1.82, 2.24) is 10.6 Å². The molecule has 18 heavy (non-hydrogen) atoms. The minimum absolute atomic E-state index is 0.0427. The first kappa shape index (κ1) is 14.5. The van der Waals surface area contributed by atoms with Crippen molar-refractivity contribution < 1.29 is 9.59 Å². The van der Waals surface area contributed by atoms with Crippen molar-refractivity contribution in [3.05, 3.63) is 29.8 Å². The van der Waals surface area contributed by atoms with Crippen molar-refractivity contribution in [2.24, 2.45) is 5.73 Å². The number of rotatable bonds is 6. The molecule has 0 aromatic heterocycles. The van der Waals surface area contributed by atoms with Gasteiger partial charge in [-0.05, 0) is 24.0 Å². The van der Waals surface area contributed by atoms with Crippen LogP contribution in [0.3, 0.4) is 0 Å². The van der Waals surface area contributed by atoms with Crippen LogP contribution in [0.15, 0.2) is 29.2 Å². The van der Waals surface area contributed by atoms with Crippen molar-refractivity contribution in [1.29, 1.82) is 0 Å². The van der Waals surface area contributed by atoms with Gasteiger partial charge in [-0.2, -0.15) is 0 Å². The van der Waals surface area contributed by atoms with Crippen LogP contribution in [0.4, 0.5) is 0 Å². The molecule has 0 heterocycles. The summed E-state index contributed by atoms with van der Waals surface area (Å²) in [6.07, 6.45) is 2.01. The number of hydrogen-bond donors (Lipinski definition) is 3. The second-order valence-corrected chi connectivity index (χ2v) is 4.49. The number of thioether (sulfide) groups is 1. The van der Waals surface area contributed by atoms with Gasteiger partial charge in [-0.25, -0.2) is 0 Å². The molecule has 0 aliphatic rings. The second kappa shape index (κ2) is 7.73. The lowest BCUT2D eigenvalue weighted by atomic mass is 10.2. The summed E-state index contributed by atoms with van der Waals surface area (Å²) in [6.45, 7) is 0.300. The highest BCUT2D eigenvalue weighted by atomic mass is 32.2. The molecule has 6 heteroatoms. The van der Waals surface area contributed by atoms with Gasteiger partial charge in [0.15, 0.2) is 0 Å². The third kappa shape index (κ3) is 5.20. The lowest BCUT2D eigenvalue weighted by molar-refractivity contribution is -0.125. The van der Waals surface area contributed by atoms with E-state index in [9.17, 15) is 9.59 Å². The predicted molar refractivity (Wildman–Crippen MR) is 72.1 cm³/mol. The highest BCUT2D eigenvalue weighted by Crippen LogP contribution is 2.14. The van der Waals surface area contributed by atoms with Gasteiger partial charge in [0.2, 0.25) is 11.8 Å². The van der Waals surface area contributed by atoms with E-state index in [1.807, 2.05) is 30.5 Å². The second-order valence-electron chi connectivity index (χ2n) is 3.61. The van der Waals surface area contributed by atoms with E-state index < -0.39 is 0 Å². The molecule has 0 bridgehead atoms. The number of carbonyl (C=O) groups is 2. The largest absolute Gasteiger partial charge is 0.350 e. The average Bonchev–Trinajstić information content (AvgIpc) is 2.42. The molecule has 5 nitrogen and oxygen atoms in total. The van der Waals surface area contributed by atoms with Crippen molar-refractivity contribution in [3.8, 4) is 0 Å². The number of amides is 2. The first-order valence-corrected chi connectivity index (χ1v) is 6.74. The van der Waals surface area contributed by atoms with Crippen LogP contribution < -0.4 is 16.4 Å². The van der Waals surface area contributed by atoms with Crippen molar-refractivity contribution in [2.75, 3.05) is 19.3 Å². The number of hydrogen-bond acceptors (Lipinski definition) is 4. The monoisotopic (exact) mass is 267 g/mol. The maximum atomic E-state index is 11.4. The van der Waals surface area contributed by atoms with Gasteiger partial charge < -0.3 is 16.4 Å². The fourth-order valence-corrected chi connectivity index (χ4v) is 1.67. The van der Waals surface area contributed by atoms with Crippen molar-refractivity contribution in [3.63, 3.8) is 0 Å². The Hall–Kier alpha value is -1.53. The van der Waals surface area contributed by atoms with E-state index in [4.69, 9.17) is 5.73 Å². The van der Waals surface area contributed by atoms with Crippen LogP contribution in [-0.4, -0.2) is 31.2 Å². The lowest BCUT2D eigenvalue weighted by Crippen LogP contribution is -2.39. The van der Waals surface area contributed by atoms with Gasteiger partial charge in [-0.15, -0.1) is 11.8 Å². The number of benzene rings is 1. The van der Waals surface area contributed by atoms with E-state index in [0.29, 0.717) is 6.54 Å². The Morgan fingerprint density at radius 1 is 1.17 bits per heavy atom. The summed E-state index contributed by atoms with van der Waals surface area (Å²) >= 11 is 1.67. The fraction of sp³-hybridized carbons (Fsp3) is 0.333. The molecule has 4 N–H and O–H groups in total. The Morgan fingerprint density at radius 3 is 2.39 bits per heavy atom. The predicted octanol–water partition coefficient (Wildman–Crippen LogP) is 0.0996. The molecule has 0 aliphatic carbocycles. The van der Waals surface area contributed by atoms with Gasteiger partial charge in [0.1, 0.15) is 0 Å². The van der Waals surface area contributed by atoms with Crippen molar-refractivity contribution in [2.45, 2.75) is 11.4 Å². The average molecular weight is 267 g/mol. The molecule has 0 saturated carbocycles. The summed E-state index contributed by atoms with van der Waals surface area (Å²) in [6, 6.07) is 7.93. The van der Waals surface area contributed by atoms with E-state index in [2.05, 4.69) is 10.6 Å². The quantitative estimate of drug-likeness (QED) is 0.638. The van der Waals surface area contributed by atoms with E-state index in [1.54, 1.807) is 11.8 Å². The molecule has 1 rings (SSSR count). The minimum Gasteiger partial charge on any atom is -0.350 e. The highest BCUT2D eigenvalue weighted by Gasteiger charge is 2.03. The smallest absolute Gasteiger partial charge is 0.239 e. The first-order chi connectivity index (χ1) is 8.65. The van der Waals surface area contributed by atoms with Gasteiger partial charge in [-0.1, -0.05) is 12.1 Å². The van der Waals surface area contributed by atoms with E-state index in [1.165, 1.54) is 4.90 Å². The molecule has 2 amide bonds. The van der Waals surface area contributed by atoms with Gasteiger partial charge in [0.05, 0.1) is 13.1 Å². The Labute approximate surface area is 111 Å². The number of nitrogens with two attached hydrogens (primary N) is 1. The van der Waals surface area contributed by atoms with Gasteiger partial charge in [-0.3, -0.25) is 9.59 Å². The molecule has 98 valence electrons. The topological polar surface area (TPSA) is 84.2 Å². The Morgan fingerprint density at radius 2 is 1.83 bits per heavy atom. The number of carbonyl (C=O) groups excluding carboxylic acids is 2. The Balaban J connectivity index is 2.31. The third-order valence-electron chi connectivity index (χ3n) is 2.28. The van der Waals surface area contributed by atoms with Crippen LogP contribution >= 0.6 is 11.8 Å². The molecular weight excluding hydrogens is 250 g/mol. The summed E-state index contributed by atoms with van der Waals surface area (Å²) in [5, 5.41) is 5.12. The molecule has 0 atom stereocenters. The molecule has 0 fully saturated rings. The van der Waals surface area contributed by atoms with Crippen LogP contribution in [0.2, 0.25) is 0 Å². The maximum Gasteiger partial charge on any atom is 0.239 e. The van der Waals surface area contributed by atoms with Crippen LogP contribution in [0.5, 0.6) is 0 Å². The molecule has 0 radical (unpaired) electrons. The number of nitrogens with one attached hydrogen (secondary N) is 2. The van der Waals surface area contributed by atoms with Gasteiger partial charge in [0, 0.05) is 11.4 Å². The minimum atomic E-state index is -0.338. The summed E-state index contributed by atoms with van der Waals surface area (Å²) < 4.78 is 0. The molecule has 0 aliphatic heterocycles. The summed E-state index contributed by atoms with van der Waals surface area (Å²) in [5.41, 5.74) is 6.12. The Kier molecular flexibility index (Phi) is 6.24. The molecule has 0 saturated heterocycles. The standard InChI is InChI=1S/C12H17N3O2S/c1-18-10-4-2-9(3-5-10)7-14-12(17)8-15-11(16)6-13/h2-5H,6-8,13H2,1H3,(H,14,17)(H,15,16). The zero-order valence-electron chi connectivity index (χ0n) is 10.2. The van der Waals surface area contributed by atoms with Crippen LogP contribution in [-0.2, 0) is 16.1 Å².